The number of ketones is 1. The van der Waals surface area contributed by atoms with Crippen molar-refractivity contribution in [1.82, 2.24) is 0 Å². The Labute approximate surface area is 172 Å². The molecule has 0 radical (unpaired) electrons. The van der Waals surface area contributed by atoms with Crippen molar-refractivity contribution in [2.75, 3.05) is 17.3 Å². The van der Waals surface area contributed by atoms with E-state index >= 15 is 0 Å². The summed E-state index contributed by atoms with van der Waals surface area (Å²) in [5, 5.41) is 6.56. The maximum Gasteiger partial charge on any atom is 0.193 e. The Morgan fingerprint density at radius 1 is 0.483 bits per heavy atom. The summed E-state index contributed by atoms with van der Waals surface area (Å²) in [5.41, 5.74) is 3.72. The smallest absolute Gasteiger partial charge is 0.193 e. The number of carbonyl (C=O) groups excluding carboxylic acids is 1. The summed E-state index contributed by atoms with van der Waals surface area (Å²) in [4.78, 5) is 11.8. The molecule has 0 aliphatic carbocycles. The average molecular weight is 380 g/mol. The molecular weight excluding hydrogens is 356 g/mol. The van der Waals surface area contributed by atoms with Crippen molar-refractivity contribution in [3.63, 3.8) is 0 Å². The highest BCUT2D eigenvalue weighted by atomic mass is 16.1. The molecule has 4 rings (SSSR count). The minimum Gasteiger partial charge on any atom is -0.368 e. The minimum absolute atomic E-state index is 0.0752. The lowest BCUT2D eigenvalue weighted by Crippen LogP contribution is -2.11. The van der Waals surface area contributed by atoms with Crippen molar-refractivity contribution in [3.05, 3.63) is 132 Å². The SMILES string of the molecule is O=C(c1ccccc1)c1ccccc1.c1ccc(NCNc2ccccc2)cc1. The summed E-state index contributed by atoms with van der Waals surface area (Å²) >= 11 is 0. The Bertz CT molecular complexity index is 891. The lowest BCUT2D eigenvalue weighted by atomic mass is 10.0. The number of carbonyl (C=O) groups is 1. The van der Waals surface area contributed by atoms with Gasteiger partial charge in [0, 0.05) is 22.5 Å². The van der Waals surface area contributed by atoms with Gasteiger partial charge in [-0.2, -0.15) is 0 Å². The fourth-order valence-corrected chi connectivity index (χ4v) is 2.71. The number of para-hydroxylation sites is 2. The third-order valence-electron chi connectivity index (χ3n) is 4.20. The van der Waals surface area contributed by atoms with E-state index in [2.05, 4.69) is 10.6 Å². The zero-order valence-electron chi connectivity index (χ0n) is 16.2. The van der Waals surface area contributed by atoms with Gasteiger partial charge in [0.1, 0.15) is 0 Å². The molecule has 29 heavy (non-hydrogen) atoms. The van der Waals surface area contributed by atoms with Crippen molar-refractivity contribution in [2.45, 2.75) is 0 Å². The van der Waals surface area contributed by atoms with Gasteiger partial charge in [-0.15, -0.1) is 0 Å². The van der Waals surface area contributed by atoms with E-state index in [1.54, 1.807) is 0 Å². The molecule has 2 N–H and O–H groups in total. The zero-order valence-corrected chi connectivity index (χ0v) is 16.2. The molecule has 144 valence electrons. The van der Waals surface area contributed by atoms with Crippen molar-refractivity contribution >= 4 is 17.2 Å². The predicted molar refractivity (Wildman–Crippen MR) is 121 cm³/mol. The van der Waals surface area contributed by atoms with Crippen molar-refractivity contribution in [1.29, 1.82) is 0 Å². The van der Waals surface area contributed by atoms with Gasteiger partial charge in [0.05, 0.1) is 6.67 Å². The van der Waals surface area contributed by atoms with Crippen LogP contribution < -0.4 is 10.6 Å². The third kappa shape index (κ3) is 6.67. The summed E-state index contributed by atoms with van der Waals surface area (Å²) in [6.45, 7) is 0.730. The highest BCUT2D eigenvalue weighted by molar-refractivity contribution is 6.08. The molecule has 0 heterocycles. The second kappa shape index (κ2) is 11.1. The summed E-state index contributed by atoms with van der Waals surface area (Å²) in [6, 6.07) is 38.9. The van der Waals surface area contributed by atoms with Gasteiger partial charge in [0.2, 0.25) is 0 Å². The van der Waals surface area contributed by atoms with Crippen LogP contribution in [0, 0.1) is 0 Å². The zero-order chi connectivity index (χ0) is 20.2. The predicted octanol–water partition coefficient (Wildman–Crippen LogP) is 6.09. The molecule has 0 aliphatic heterocycles. The summed E-state index contributed by atoms with van der Waals surface area (Å²) < 4.78 is 0. The maximum absolute atomic E-state index is 11.8. The van der Waals surface area contributed by atoms with E-state index in [1.165, 1.54) is 0 Å². The van der Waals surface area contributed by atoms with E-state index in [9.17, 15) is 4.79 Å². The molecule has 0 bridgehead atoms. The Morgan fingerprint density at radius 2 is 0.793 bits per heavy atom. The van der Waals surface area contributed by atoms with Crippen LogP contribution in [0.15, 0.2) is 121 Å². The second-order valence-corrected chi connectivity index (χ2v) is 6.32. The van der Waals surface area contributed by atoms with Crippen molar-refractivity contribution in [2.24, 2.45) is 0 Å². The van der Waals surface area contributed by atoms with Gasteiger partial charge in [0.25, 0.3) is 0 Å². The van der Waals surface area contributed by atoms with Gasteiger partial charge in [-0.1, -0.05) is 97.1 Å². The molecule has 0 saturated carbocycles. The van der Waals surface area contributed by atoms with Gasteiger partial charge in [-0.05, 0) is 24.3 Å². The number of anilines is 2. The quantitative estimate of drug-likeness (QED) is 0.314. The Kier molecular flexibility index (Phi) is 7.62. The molecule has 0 spiro atoms. The first-order valence-corrected chi connectivity index (χ1v) is 9.55. The Morgan fingerprint density at radius 3 is 1.14 bits per heavy atom. The third-order valence-corrected chi connectivity index (χ3v) is 4.20. The van der Waals surface area contributed by atoms with Gasteiger partial charge >= 0.3 is 0 Å². The normalized spacial score (nSPS) is 9.66. The molecule has 0 aromatic heterocycles. The van der Waals surface area contributed by atoms with Gasteiger partial charge in [0.15, 0.2) is 5.78 Å². The summed E-state index contributed by atoms with van der Waals surface area (Å²) in [7, 11) is 0. The number of benzene rings is 4. The van der Waals surface area contributed by atoms with Crippen LogP contribution in [-0.4, -0.2) is 12.5 Å². The van der Waals surface area contributed by atoms with E-state index in [4.69, 9.17) is 0 Å². The average Bonchev–Trinajstić information content (AvgIpc) is 2.82. The standard InChI is InChI=1S/C13H14N2.C13H10O/c1-3-7-12(8-4-1)14-11-15-13-9-5-2-6-10-13;14-13(11-7-3-1-4-8-11)12-9-5-2-6-10-12/h1-10,14-15H,11H2;1-10H. The highest BCUT2D eigenvalue weighted by Crippen LogP contribution is 2.09. The van der Waals surface area contributed by atoms with Gasteiger partial charge in [-0.3, -0.25) is 4.79 Å². The second-order valence-electron chi connectivity index (χ2n) is 6.32. The molecule has 0 atom stereocenters. The molecule has 0 fully saturated rings. The number of nitrogens with one attached hydrogen (secondary N) is 2. The number of hydrogen-bond acceptors (Lipinski definition) is 3. The first-order valence-electron chi connectivity index (χ1n) is 9.55. The Hall–Kier alpha value is -3.85. The fourth-order valence-electron chi connectivity index (χ4n) is 2.71. The van der Waals surface area contributed by atoms with Gasteiger partial charge < -0.3 is 10.6 Å². The van der Waals surface area contributed by atoms with Gasteiger partial charge in [-0.25, -0.2) is 0 Å². The van der Waals surface area contributed by atoms with Crippen LogP contribution in [0.2, 0.25) is 0 Å². The molecule has 3 heteroatoms. The minimum atomic E-state index is 0.0752. The molecule has 0 amide bonds. The van der Waals surface area contributed by atoms with Crippen LogP contribution in [-0.2, 0) is 0 Å². The molecule has 0 aliphatic rings. The van der Waals surface area contributed by atoms with E-state index < -0.39 is 0 Å². The monoisotopic (exact) mass is 380 g/mol. The van der Waals surface area contributed by atoms with E-state index in [-0.39, 0.29) is 5.78 Å². The fraction of sp³-hybridized carbons (Fsp3) is 0.0385. The van der Waals surface area contributed by atoms with Crippen LogP contribution in [0.25, 0.3) is 0 Å². The highest BCUT2D eigenvalue weighted by Gasteiger charge is 2.06. The first kappa shape index (κ1) is 19.9. The van der Waals surface area contributed by atoms with Crippen molar-refractivity contribution in [3.8, 4) is 0 Å². The number of hydrogen-bond donors (Lipinski definition) is 2. The lowest BCUT2D eigenvalue weighted by molar-refractivity contribution is 0.103. The van der Waals surface area contributed by atoms with Crippen LogP contribution in [0.5, 0.6) is 0 Å². The van der Waals surface area contributed by atoms with Crippen molar-refractivity contribution < 1.29 is 4.79 Å². The Balaban J connectivity index is 0.000000166. The number of rotatable bonds is 6. The van der Waals surface area contributed by atoms with Crippen LogP contribution in [0.1, 0.15) is 15.9 Å². The maximum atomic E-state index is 11.8. The van der Waals surface area contributed by atoms with Crippen LogP contribution >= 0.6 is 0 Å². The molecule has 3 nitrogen and oxygen atoms in total. The topological polar surface area (TPSA) is 41.1 Å². The van der Waals surface area contributed by atoms with E-state index in [0.29, 0.717) is 0 Å². The largest absolute Gasteiger partial charge is 0.368 e. The lowest BCUT2D eigenvalue weighted by Gasteiger charge is -2.08. The van der Waals surface area contributed by atoms with Crippen LogP contribution in [0.4, 0.5) is 11.4 Å². The molecule has 0 saturated heterocycles. The van der Waals surface area contributed by atoms with Crippen LogP contribution in [0.3, 0.4) is 0 Å². The molecule has 4 aromatic rings. The summed E-state index contributed by atoms with van der Waals surface area (Å²) in [5.74, 6) is 0.0752. The summed E-state index contributed by atoms with van der Waals surface area (Å²) in [6.07, 6.45) is 0. The van der Waals surface area contributed by atoms with E-state index in [1.807, 2.05) is 121 Å². The first-order chi connectivity index (χ1) is 14.3. The molecule has 4 aromatic carbocycles. The molecule has 0 unspecified atom stereocenters. The van der Waals surface area contributed by atoms with E-state index in [0.717, 1.165) is 29.2 Å². The molecular formula is C26H24N2O.